The van der Waals surface area contributed by atoms with E-state index in [0.29, 0.717) is 11.0 Å². The van der Waals surface area contributed by atoms with Crippen LogP contribution in [-0.2, 0) is 19.0 Å². The zero-order valence-corrected chi connectivity index (χ0v) is 10.9. The van der Waals surface area contributed by atoms with Gasteiger partial charge < -0.3 is 14.2 Å². The van der Waals surface area contributed by atoms with Gasteiger partial charge in [0, 0.05) is 14.2 Å². The molecule has 0 bridgehead atoms. The number of Topliss-reactive ketones (excluding diaryl/α,β-unsaturated/α-hetero) is 1. The van der Waals surface area contributed by atoms with Gasteiger partial charge in [0.25, 0.3) is 0 Å². The van der Waals surface area contributed by atoms with Crippen LogP contribution in [0.25, 0.3) is 0 Å². The smallest absolute Gasteiger partial charge is 0.220 e. The molecule has 15 heavy (non-hydrogen) atoms. The number of ketones is 1. The fourth-order valence-electron chi connectivity index (χ4n) is 0.929. The highest BCUT2D eigenvalue weighted by molar-refractivity contribution is 8.23. The lowest BCUT2D eigenvalue weighted by molar-refractivity contribution is -0.133. The molecule has 0 aromatic carbocycles. The number of carbonyl (C=O) groups excluding carboxylic acids is 1. The van der Waals surface area contributed by atoms with Crippen molar-refractivity contribution in [3.63, 3.8) is 0 Å². The number of methoxy groups -OCH3 is 2. The largest absolute Gasteiger partial charge is 0.479 e. The average Bonchev–Trinajstić information content (AvgIpc) is 2.18. The minimum atomic E-state index is -0.606. The number of rotatable bonds is 6. The van der Waals surface area contributed by atoms with Crippen LogP contribution in [0.2, 0.25) is 0 Å². The molecule has 0 aromatic heterocycles. The average molecular weight is 252 g/mol. The third-order valence-corrected chi connectivity index (χ3v) is 3.12. The van der Waals surface area contributed by atoms with E-state index in [1.807, 2.05) is 6.92 Å². The molecule has 1 unspecified atom stereocenters. The summed E-state index contributed by atoms with van der Waals surface area (Å²) in [6.45, 7) is 3.79. The van der Waals surface area contributed by atoms with E-state index in [-0.39, 0.29) is 5.78 Å². The van der Waals surface area contributed by atoms with Crippen LogP contribution >= 0.6 is 24.0 Å². The van der Waals surface area contributed by atoms with Crippen LogP contribution in [0.15, 0.2) is 0 Å². The van der Waals surface area contributed by atoms with Gasteiger partial charge in [0.2, 0.25) is 4.38 Å². The predicted octanol–water partition coefficient (Wildman–Crippen LogP) is 1.62. The molecule has 0 aliphatic heterocycles. The molecule has 6 heteroatoms. The zero-order chi connectivity index (χ0) is 11.8. The van der Waals surface area contributed by atoms with Gasteiger partial charge in [-0.2, -0.15) is 0 Å². The molecule has 0 radical (unpaired) electrons. The Kier molecular flexibility index (Phi) is 7.95. The Balaban J connectivity index is 4.39. The molecule has 0 aliphatic rings. The first-order valence-electron chi connectivity index (χ1n) is 4.46. The topological polar surface area (TPSA) is 44.8 Å². The Morgan fingerprint density at radius 1 is 1.40 bits per heavy atom. The summed E-state index contributed by atoms with van der Waals surface area (Å²) in [6.07, 6.45) is -0.606. The summed E-state index contributed by atoms with van der Waals surface area (Å²) in [5.41, 5.74) is 0. The molecular weight excluding hydrogens is 236 g/mol. The molecule has 0 saturated heterocycles. The van der Waals surface area contributed by atoms with Gasteiger partial charge in [0.1, 0.15) is 11.0 Å². The Morgan fingerprint density at radius 3 is 2.27 bits per heavy atom. The number of hydrogen-bond acceptors (Lipinski definition) is 6. The minimum absolute atomic E-state index is 0.0595. The molecule has 4 nitrogen and oxygen atoms in total. The van der Waals surface area contributed by atoms with Gasteiger partial charge in [-0.25, -0.2) is 0 Å². The van der Waals surface area contributed by atoms with Crippen molar-refractivity contribution in [3.8, 4) is 0 Å². The van der Waals surface area contributed by atoms with E-state index in [1.165, 1.54) is 21.1 Å². The van der Waals surface area contributed by atoms with Crippen molar-refractivity contribution >= 4 is 34.1 Å². The number of hydrogen-bond donors (Lipinski definition) is 0. The molecule has 0 heterocycles. The molecule has 0 N–H and O–H groups in total. The molecule has 1 atom stereocenters. The van der Waals surface area contributed by atoms with Gasteiger partial charge in [0.15, 0.2) is 6.29 Å². The van der Waals surface area contributed by atoms with Crippen molar-refractivity contribution in [2.24, 2.45) is 0 Å². The third kappa shape index (κ3) is 5.46. The van der Waals surface area contributed by atoms with Crippen LogP contribution < -0.4 is 0 Å². The van der Waals surface area contributed by atoms with Gasteiger partial charge in [-0.15, -0.1) is 0 Å². The van der Waals surface area contributed by atoms with Crippen LogP contribution in [0.5, 0.6) is 0 Å². The molecule has 88 valence electrons. The van der Waals surface area contributed by atoms with E-state index in [2.05, 4.69) is 0 Å². The van der Waals surface area contributed by atoms with E-state index in [4.69, 9.17) is 26.4 Å². The van der Waals surface area contributed by atoms with Crippen molar-refractivity contribution in [1.82, 2.24) is 0 Å². The lowest BCUT2D eigenvalue weighted by Crippen LogP contribution is -2.34. The van der Waals surface area contributed by atoms with E-state index >= 15 is 0 Å². The number of carbonyl (C=O) groups is 1. The van der Waals surface area contributed by atoms with Crippen LogP contribution in [0.4, 0.5) is 0 Å². The van der Waals surface area contributed by atoms with Gasteiger partial charge in [0.05, 0.1) is 6.61 Å². The number of thiocarbonyl (C=S) groups is 1. The highest BCUT2D eigenvalue weighted by Crippen LogP contribution is 2.21. The van der Waals surface area contributed by atoms with Crippen molar-refractivity contribution in [2.75, 3.05) is 20.8 Å². The van der Waals surface area contributed by atoms with Gasteiger partial charge in [-0.3, -0.25) is 4.79 Å². The molecule has 0 rings (SSSR count). The first-order valence-corrected chi connectivity index (χ1v) is 5.75. The quantitative estimate of drug-likeness (QED) is 0.529. The van der Waals surface area contributed by atoms with E-state index in [1.54, 1.807) is 0 Å². The maximum absolute atomic E-state index is 11.3. The lowest BCUT2D eigenvalue weighted by atomic mass is 10.3. The molecule has 0 saturated carbocycles. The summed E-state index contributed by atoms with van der Waals surface area (Å²) in [5.74, 6) is -0.0595. The highest BCUT2D eigenvalue weighted by Gasteiger charge is 2.28. The molecule has 0 spiro atoms. The monoisotopic (exact) mass is 252 g/mol. The Bertz CT molecular complexity index is 216. The SMILES string of the molecule is CCOC(=S)SC(C(C)=O)C(OC)OC. The van der Waals surface area contributed by atoms with Crippen LogP contribution in [-0.4, -0.2) is 42.5 Å². The van der Waals surface area contributed by atoms with E-state index in [0.717, 1.165) is 11.8 Å². The second-order valence-corrected chi connectivity index (χ2v) is 4.42. The maximum Gasteiger partial charge on any atom is 0.220 e. The van der Waals surface area contributed by atoms with Crippen LogP contribution in [0.3, 0.4) is 0 Å². The van der Waals surface area contributed by atoms with Crippen molar-refractivity contribution in [1.29, 1.82) is 0 Å². The summed E-state index contributed by atoms with van der Waals surface area (Å²) < 4.78 is 15.5. The highest BCUT2D eigenvalue weighted by atomic mass is 32.2. The van der Waals surface area contributed by atoms with Crippen LogP contribution in [0.1, 0.15) is 13.8 Å². The molecule has 0 aromatic rings. The fourth-order valence-corrected chi connectivity index (χ4v) is 2.25. The van der Waals surface area contributed by atoms with Crippen molar-refractivity contribution in [3.05, 3.63) is 0 Å². The standard InChI is InChI=1S/C9H16O4S2/c1-5-13-9(14)15-7(6(2)10)8(11-3)12-4/h7-8H,5H2,1-4H3. The summed E-state index contributed by atoms with van der Waals surface area (Å²) in [5, 5.41) is -0.487. The lowest BCUT2D eigenvalue weighted by Gasteiger charge is -2.21. The first-order chi connectivity index (χ1) is 7.06. The van der Waals surface area contributed by atoms with Gasteiger partial charge in [-0.1, -0.05) is 11.8 Å². The fraction of sp³-hybridized carbons (Fsp3) is 0.778. The zero-order valence-electron chi connectivity index (χ0n) is 9.31. The number of thioether (sulfide) groups is 1. The van der Waals surface area contributed by atoms with Crippen LogP contribution in [0, 0.1) is 0 Å². The first kappa shape index (κ1) is 14.8. The molecule has 0 aliphatic carbocycles. The van der Waals surface area contributed by atoms with Crippen molar-refractivity contribution < 1.29 is 19.0 Å². The minimum Gasteiger partial charge on any atom is -0.479 e. The Labute approximate surface area is 99.6 Å². The molecule has 0 fully saturated rings. The predicted molar refractivity (Wildman–Crippen MR) is 64.1 cm³/mol. The Morgan fingerprint density at radius 2 is 1.93 bits per heavy atom. The van der Waals surface area contributed by atoms with Gasteiger partial charge >= 0.3 is 0 Å². The Hall–Kier alpha value is -0.170. The summed E-state index contributed by atoms with van der Waals surface area (Å²) in [4.78, 5) is 11.3. The second-order valence-electron chi connectivity index (χ2n) is 2.67. The summed E-state index contributed by atoms with van der Waals surface area (Å²) in [7, 11) is 2.96. The van der Waals surface area contributed by atoms with Crippen molar-refractivity contribution in [2.45, 2.75) is 25.4 Å². The summed E-state index contributed by atoms with van der Waals surface area (Å²) in [6, 6.07) is 0. The normalized spacial score (nSPS) is 12.6. The van der Waals surface area contributed by atoms with Gasteiger partial charge in [-0.05, 0) is 26.1 Å². The molecular formula is C9H16O4S2. The molecule has 0 amide bonds. The third-order valence-electron chi connectivity index (χ3n) is 1.60. The maximum atomic E-state index is 11.3. The summed E-state index contributed by atoms with van der Waals surface area (Å²) >= 11 is 6.09. The second kappa shape index (κ2) is 8.04. The van der Waals surface area contributed by atoms with E-state index < -0.39 is 11.5 Å². The number of ether oxygens (including phenoxy) is 3. The van der Waals surface area contributed by atoms with E-state index in [9.17, 15) is 4.79 Å².